The number of anilines is 1. The van der Waals surface area contributed by atoms with E-state index in [0.717, 1.165) is 5.69 Å². The molecule has 1 amide bonds. The Morgan fingerprint density at radius 1 is 1.00 bits per heavy atom. The molecule has 1 N–H and O–H groups in total. The zero-order valence-corrected chi connectivity index (χ0v) is 17.3. The Labute approximate surface area is 178 Å². The number of aromatic nitrogens is 1. The molecule has 1 heterocycles. The number of esters is 1. The summed E-state index contributed by atoms with van der Waals surface area (Å²) in [5.74, 6) is -1.46. The van der Waals surface area contributed by atoms with E-state index in [0.29, 0.717) is 16.5 Å². The van der Waals surface area contributed by atoms with E-state index < -0.39 is 24.6 Å². The molecule has 0 aliphatic heterocycles. The van der Waals surface area contributed by atoms with Gasteiger partial charge in [-0.25, -0.2) is 4.79 Å². The third-order valence-corrected chi connectivity index (χ3v) is 4.56. The number of hydrogen-bond acceptors (Lipinski definition) is 5. The fourth-order valence-corrected chi connectivity index (χ4v) is 2.94. The molecule has 1 atom stereocenters. The van der Waals surface area contributed by atoms with Crippen LogP contribution in [0.2, 0.25) is 0 Å². The Morgan fingerprint density at radius 2 is 1.68 bits per heavy atom. The van der Waals surface area contributed by atoms with Gasteiger partial charge in [0, 0.05) is 11.1 Å². The summed E-state index contributed by atoms with van der Waals surface area (Å²) in [6.07, 6.45) is -1.18. The van der Waals surface area contributed by atoms with Crippen molar-refractivity contribution in [2.24, 2.45) is 0 Å². The standard InChI is InChI=1S/C23H22F2N2O4/c1-13(2)19-12-16(15-8-4-5-9-17(15)26-19)22(29)30-14(3)21(28)27-18-10-6-7-11-20(18)31-23(24)25/h4-14,23H,1-3H3,(H,27,28). The van der Waals surface area contributed by atoms with Crippen LogP contribution in [0.5, 0.6) is 5.75 Å². The van der Waals surface area contributed by atoms with E-state index in [9.17, 15) is 18.4 Å². The predicted molar refractivity (Wildman–Crippen MR) is 112 cm³/mol. The molecule has 6 nitrogen and oxygen atoms in total. The first-order valence-electron chi connectivity index (χ1n) is 9.71. The zero-order valence-electron chi connectivity index (χ0n) is 17.3. The normalized spacial score (nSPS) is 12.1. The number of amides is 1. The van der Waals surface area contributed by atoms with Gasteiger partial charge in [-0.15, -0.1) is 0 Å². The lowest BCUT2D eigenvalue weighted by Crippen LogP contribution is -2.30. The van der Waals surface area contributed by atoms with Crippen molar-refractivity contribution in [3.05, 3.63) is 65.9 Å². The van der Waals surface area contributed by atoms with Crippen LogP contribution in [0, 0.1) is 0 Å². The Morgan fingerprint density at radius 3 is 2.39 bits per heavy atom. The van der Waals surface area contributed by atoms with Gasteiger partial charge in [-0.2, -0.15) is 8.78 Å². The molecule has 0 spiro atoms. The molecule has 31 heavy (non-hydrogen) atoms. The monoisotopic (exact) mass is 428 g/mol. The van der Waals surface area contributed by atoms with Crippen molar-refractivity contribution in [3.63, 3.8) is 0 Å². The van der Waals surface area contributed by atoms with Crippen LogP contribution < -0.4 is 10.1 Å². The molecule has 0 aliphatic carbocycles. The molecule has 0 saturated heterocycles. The number of carbonyl (C=O) groups is 2. The molecule has 2 aromatic carbocycles. The summed E-state index contributed by atoms with van der Waals surface area (Å²) < 4.78 is 34.9. The van der Waals surface area contributed by atoms with E-state index >= 15 is 0 Å². The maximum atomic E-state index is 12.9. The van der Waals surface area contributed by atoms with Gasteiger partial charge < -0.3 is 14.8 Å². The van der Waals surface area contributed by atoms with Gasteiger partial charge in [0.2, 0.25) is 0 Å². The lowest BCUT2D eigenvalue weighted by molar-refractivity contribution is -0.123. The number of benzene rings is 2. The highest BCUT2D eigenvalue weighted by atomic mass is 19.3. The van der Waals surface area contributed by atoms with E-state index in [2.05, 4.69) is 15.0 Å². The molecule has 3 rings (SSSR count). The molecule has 0 radical (unpaired) electrons. The lowest BCUT2D eigenvalue weighted by Gasteiger charge is -2.17. The first-order chi connectivity index (χ1) is 14.8. The highest BCUT2D eigenvalue weighted by Gasteiger charge is 2.23. The fourth-order valence-electron chi connectivity index (χ4n) is 2.94. The second-order valence-corrected chi connectivity index (χ2v) is 7.18. The summed E-state index contributed by atoms with van der Waals surface area (Å²) in [6.45, 7) is 2.28. The van der Waals surface area contributed by atoms with Crippen molar-refractivity contribution in [2.45, 2.75) is 39.4 Å². The van der Waals surface area contributed by atoms with Gasteiger partial charge in [0.05, 0.1) is 16.8 Å². The first kappa shape index (κ1) is 22.1. The van der Waals surface area contributed by atoms with Crippen molar-refractivity contribution in [3.8, 4) is 5.75 Å². The van der Waals surface area contributed by atoms with Gasteiger partial charge >= 0.3 is 12.6 Å². The van der Waals surface area contributed by atoms with Crippen LogP contribution in [0.4, 0.5) is 14.5 Å². The summed E-state index contributed by atoms with van der Waals surface area (Å²) in [6, 6.07) is 14.6. The van der Waals surface area contributed by atoms with Crippen LogP contribution in [0.25, 0.3) is 10.9 Å². The van der Waals surface area contributed by atoms with Crippen LogP contribution in [0.15, 0.2) is 54.6 Å². The second-order valence-electron chi connectivity index (χ2n) is 7.18. The molecule has 162 valence electrons. The number of ether oxygens (including phenoxy) is 2. The summed E-state index contributed by atoms with van der Waals surface area (Å²) in [4.78, 5) is 29.9. The summed E-state index contributed by atoms with van der Waals surface area (Å²) in [5, 5.41) is 3.06. The Balaban J connectivity index is 1.79. The van der Waals surface area contributed by atoms with Gasteiger partial charge in [0.15, 0.2) is 6.10 Å². The summed E-state index contributed by atoms with van der Waals surface area (Å²) in [7, 11) is 0. The Kier molecular flexibility index (Phi) is 6.79. The van der Waals surface area contributed by atoms with E-state index in [1.54, 1.807) is 30.3 Å². The molecule has 0 bridgehead atoms. The minimum absolute atomic E-state index is 0.0483. The smallest absolute Gasteiger partial charge is 0.387 e. The van der Waals surface area contributed by atoms with Crippen molar-refractivity contribution < 1.29 is 27.8 Å². The number of fused-ring (bicyclic) bond motifs is 1. The van der Waals surface area contributed by atoms with E-state index in [1.807, 2.05) is 19.9 Å². The molecule has 0 fully saturated rings. The summed E-state index contributed by atoms with van der Waals surface area (Å²) in [5.41, 5.74) is 1.72. The third kappa shape index (κ3) is 5.33. The number of halogens is 2. The van der Waals surface area contributed by atoms with Gasteiger partial charge in [-0.05, 0) is 37.1 Å². The van der Waals surface area contributed by atoms with Crippen LogP contribution >= 0.6 is 0 Å². The molecule has 0 saturated carbocycles. The SMILES string of the molecule is CC(OC(=O)c1cc(C(C)C)nc2ccccc12)C(=O)Nc1ccccc1OC(F)F. The molecule has 1 aromatic heterocycles. The molecule has 0 aliphatic rings. The van der Waals surface area contributed by atoms with Crippen molar-refractivity contribution in [1.82, 2.24) is 4.98 Å². The number of pyridine rings is 1. The van der Waals surface area contributed by atoms with Gasteiger partial charge in [-0.3, -0.25) is 9.78 Å². The van der Waals surface area contributed by atoms with E-state index in [4.69, 9.17) is 4.74 Å². The topological polar surface area (TPSA) is 77.5 Å². The molecule has 8 heteroatoms. The number of para-hydroxylation sites is 3. The van der Waals surface area contributed by atoms with Crippen molar-refractivity contribution >= 4 is 28.5 Å². The minimum atomic E-state index is -3.04. The maximum Gasteiger partial charge on any atom is 0.387 e. The van der Waals surface area contributed by atoms with Crippen molar-refractivity contribution in [1.29, 1.82) is 0 Å². The third-order valence-electron chi connectivity index (χ3n) is 4.56. The molecule has 1 unspecified atom stereocenters. The number of alkyl halides is 2. The highest BCUT2D eigenvalue weighted by Crippen LogP contribution is 2.26. The lowest BCUT2D eigenvalue weighted by atomic mass is 10.0. The number of nitrogens with zero attached hydrogens (tertiary/aromatic N) is 1. The zero-order chi connectivity index (χ0) is 22.5. The minimum Gasteiger partial charge on any atom is -0.449 e. The van der Waals surface area contributed by atoms with Crippen LogP contribution in [-0.2, 0) is 9.53 Å². The maximum absolute atomic E-state index is 12.9. The van der Waals surface area contributed by atoms with Gasteiger partial charge in [0.1, 0.15) is 5.75 Å². The molecule has 3 aromatic rings. The van der Waals surface area contributed by atoms with E-state index in [-0.39, 0.29) is 17.4 Å². The van der Waals surface area contributed by atoms with Crippen LogP contribution in [0.1, 0.15) is 42.7 Å². The van der Waals surface area contributed by atoms with Crippen LogP contribution in [-0.4, -0.2) is 29.6 Å². The summed E-state index contributed by atoms with van der Waals surface area (Å²) >= 11 is 0. The largest absolute Gasteiger partial charge is 0.449 e. The second kappa shape index (κ2) is 9.51. The van der Waals surface area contributed by atoms with Crippen molar-refractivity contribution in [2.75, 3.05) is 5.32 Å². The number of hydrogen-bond donors (Lipinski definition) is 1. The number of carbonyl (C=O) groups excluding carboxylic acids is 2. The number of nitrogens with one attached hydrogen (secondary N) is 1. The average molecular weight is 428 g/mol. The fraction of sp³-hybridized carbons (Fsp3) is 0.261. The number of rotatable bonds is 7. The highest BCUT2D eigenvalue weighted by molar-refractivity contribution is 6.05. The van der Waals surface area contributed by atoms with Gasteiger partial charge in [-0.1, -0.05) is 44.2 Å². The van der Waals surface area contributed by atoms with Gasteiger partial charge in [0.25, 0.3) is 5.91 Å². The van der Waals surface area contributed by atoms with Crippen LogP contribution in [0.3, 0.4) is 0 Å². The molecular formula is C23H22F2N2O4. The first-order valence-corrected chi connectivity index (χ1v) is 9.71. The Hall–Kier alpha value is -3.55. The quantitative estimate of drug-likeness (QED) is 0.527. The Bertz CT molecular complexity index is 1100. The van der Waals surface area contributed by atoms with E-state index in [1.165, 1.54) is 25.1 Å². The average Bonchev–Trinajstić information content (AvgIpc) is 2.73. The molecular weight excluding hydrogens is 406 g/mol. The predicted octanol–water partition coefficient (Wildman–Crippen LogP) is 5.14.